The number of benzene rings is 2. The largest absolute Gasteiger partial charge is 0.392 e. The van der Waals surface area contributed by atoms with Gasteiger partial charge in [-0.2, -0.15) is 0 Å². The van der Waals surface area contributed by atoms with Gasteiger partial charge in [0.1, 0.15) is 0 Å². The lowest BCUT2D eigenvalue weighted by Crippen LogP contribution is -2.14. The monoisotopic (exact) mass is 332 g/mol. The van der Waals surface area contributed by atoms with E-state index in [0.717, 1.165) is 39.8 Å². The molecule has 2 aliphatic rings. The first-order valence-electron chi connectivity index (χ1n) is 8.46. The third-order valence-corrected chi connectivity index (χ3v) is 4.99. The summed E-state index contributed by atoms with van der Waals surface area (Å²) in [6.45, 7) is 0.0329. The van der Waals surface area contributed by atoms with Gasteiger partial charge in [0.05, 0.1) is 12.5 Å². The molecule has 0 aromatic heterocycles. The molecule has 4 rings (SSSR count). The highest BCUT2D eigenvalue weighted by molar-refractivity contribution is 5.90. The number of rotatable bonds is 4. The quantitative estimate of drug-likeness (QED) is 0.751. The molecule has 126 valence electrons. The van der Waals surface area contributed by atoms with E-state index >= 15 is 0 Å². The highest BCUT2D eigenvalue weighted by Gasteiger charge is 2.23. The van der Waals surface area contributed by atoms with Gasteiger partial charge in [0, 0.05) is 0 Å². The predicted molar refractivity (Wildman–Crippen MR) is 99.4 cm³/mol. The van der Waals surface area contributed by atoms with Gasteiger partial charge in [-0.15, -0.1) is 0 Å². The van der Waals surface area contributed by atoms with Gasteiger partial charge in [-0.1, -0.05) is 60.7 Å². The summed E-state index contributed by atoms with van der Waals surface area (Å²) < 4.78 is 0. The lowest BCUT2D eigenvalue weighted by atomic mass is 9.95. The standard InChI is InChI=1S/C22H20O3/c23-13-18-3-1-2-4-19(18)16-6-5-14(11-16)15-7-9-20-17(12-15)8-10-21(20)22(24)25/h1-4,6-12,21-25H,5,13H2. The Morgan fingerprint density at radius 3 is 2.72 bits per heavy atom. The van der Waals surface area contributed by atoms with Gasteiger partial charge in [-0.05, 0) is 51.5 Å². The molecular formula is C22H20O3. The van der Waals surface area contributed by atoms with Crippen LogP contribution in [-0.4, -0.2) is 21.6 Å². The number of hydrogen-bond donors (Lipinski definition) is 3. The Balaban J connectivity index is 1.64. The second kappa shape index (κ2) is 6.45. The summed E-state index contributed by atoms with van der Waals surface area (Å²) >= 11 is 0. The molecule has 0 amide bonds. The van der Waals surface area contributed by atoms with E-state index in [-0.39, 0.29) is 12.5 Å². The zero-order valence-electron chi connectivity index (χ0n) is 13.8. The minimum atomic E-state index is -1.36. The maximum atomic E-state index is 9.54. The summed E-state index contributed by atoms with van der Waals surface area (Å²) in [7, 11) is 0. The van der Waals surface area contributed by atoms with Crippen LogP contribution in [-0.2, 0) is 6.61 Å². The average molecular weight is 332 g/mol. The van der Waals surface area contributed by atoms with E-state index in [1.54, 1.807) is 0 Å². The molecule has 0 bridgehead atoms. The summed E-state index contributed by atoms with van der Waals surface area (Å²) in [5.74, 6) is -0.341. The van der Waals surface area contributed by atoms with Gasteiger partial charge in [-0.3, -0.25) is 0 Å². The molecule has 2 aliphatic carbocycles. The Labute approximate surface area is 146 Å². The van der Waals surface area contributed by atoms with Gasteiger partial charge < -0.3 is 15.3 Å². The number of aliphatic hydroxyl groups is 3. The smallest absolute Gasteiger partial charge is 0.161 e. The van der Waals surface area contributed by atoms with Crippen LogP contribution in [0.25, 0.3) is 17.2 Å². The summed E-state index contributed by atoms with van der Waals surface area (Å²) in [6.07, 6.45) is 7.64. The Kier molecular flexibility index (Phi) is 4.14. The Hall–Kier alpha value is -2.46. The van der Waals surface area contributed by atoms with Crippen LogP contribution in [0.2, 0.25) is 0 Å². The number of hydrogen-bond acceptors (Lipinski definition) is 3. The molecule has 3 nitrogen and oxygen atoms in total. The minimum Gasteiger partial charge on any atom is -0.392 e. The van der Waals surface area contributed by atoms with Crippen molar-refractivity contribution in [3.05, 3.63) is 88.5 Å². The zero-order valence-corrected chi connectivity index (χ0v) is 13.8. The highest BCUT2D eigenvalue weighted by atomic mass is 16.5. The molecule has 3 heteroatoms. The first-order valence-corrected chi connectivity index (χ1v) is 8.46. The molecule has 0 saturated carbocycles. The molecule has 1 unspecified atom stereocenters. The van der Waals surface area contributed by atoms with Gasteiger partial charge in [0.15, 0.2) is 6.29 Å². The van der Waals surface area contributed by atoms with Crippen LogP contribution in [0, 0.1) is 0 Å². The second-order valence-corrected chi connectivity index (χ2v) is 6.49. The topological polar surface area (TPSA) is 60.7 Å². The fraction of sp³-hybridized carbons (Fsp3) is 0.182. The summed E-state index contributed by atoms with van der Waals surface area (Å²) in [5.41, 5.74) is 7.51. The molecule has 0 spiro atoms. The normalized spacial score (nSPS) is 18.5. The van der Waals surface area contributed by atoms with Crippen LogP contribution in [0.1, 0.15) is 40.2 Å². The summed E-state index contributed by atoms with van der Waals surface area (Å²) in [6, 6.07) is 14.0. The number of allylic oxidation sites excluding steroid dienone is 4. The van der Waals surface area contributed by atoms with Crippen molar-refractivity contribution in [1.82, 2.24) is 0 Å². The fourth-order valence-corrected chi connectivity index (χ4v) is 3.65. The van der Waals surface area contributed by atoms with E-state index in [0.29, 0.717) is 0 Å². The molecule has 0 saturated heterocycles. The van der Waals surface area contributed by atoms with Crippen LogP contribution in [0.15, 0.2) is 60.7 Å². The Morgan fingerprint density at radius 1 is 1.08 bits per heavy atom. The first kappa shape index (κ1) is 16.0. The van der Waals surface area contributed by atoms with Crippen LogP contribution in [0.4, 0.5) is 0 Å². The van der Waals surface area contributed by atoms with Crippen molar-refractivity contribution in [1.29, 1.82) is 0 Å². The fourth-order valence-electron chi connectivity index (χ4n) is 3.65. The van der Waals surface area contributed by atoms with Crippen molar-refractivity contribution in [2.24, 2.45) is 0 Å². The number of aliphatic hydroxyl groups excluding tert-OH is 2. The maximum Gasteiger partial charge on any atom is 0.161 e. The molecule has 2 aromatic carbocycles. The van der Waals surface area contributed by atoms with Gasteiger partial charge >= 0.3 is 0 Å². The van der Waals surface area contributed by atoms with E-state index in [1.165, 1.54) is 5.57 Å². The molecule has 0 radical (unpaired) electrons. The van der Waals surface area contributed by atoms with E-state index in [4.69, 9.17) is 0 Å². The maximum absolute atomic E-state index is 9.54. The van der Waals surface area contributed by atoms with Crippen molar-refractivity contribution < 1.29 is 15.3 Å². The van der Waals surface area contributed by atoms with Crippen molar-refractivity contribution >= 4 is 17.2 Å². The molecule has 25 heavy (non-hydrogen) atoms. The lowest BCUT2D eigenvalue weighted by molar-refractivity contribution is -0.0490. The third kappa shape index (κ3) is 2.87. The van der Waals surface area contributed by atoms with E-state index < -0.39 is 6.29 Å². The Bertz CT molecular complexity index is 903. The number of fused-ring (bicyclic) bond motifs is 1. The summed E-state index contributed by atoms with van der Waals surface area (Å²) in [4.78, 5) is 0. The van der Waals surface area contributed by atoms with E-state index in [9.17, 15) is 15.3 Å². The molecule has 1 atom stereocenters. The van der Waals surface area contributed by atoms with Gasteiger partial charge in [0.2, 0.25) is 0 Å². The molecule has 0 aliphatic heterocycles. The van der Waals surface area contributed by atoms with Crippen molar-refractivity contribution in [2.75, 3.05) is 0 Å². The Morgan fingerprint density at radius 2 is 1.92 bits per heavy atom. The predicted octanol–water partition coefficient (Wildman–Crippen LogP) is 3.47. The van der Waals surface area contributed by atoms with E-state index in [2.05, 4.69) is 18.2 Å². The highest BCUT2D eigenvalue weighted by Crippen LogP contribution is 2.37. The van der Waals surface area contributed by atoms with Crippen molar-refractivity contribution in [2.45, 2.75) is 25.2 Å². The van der Waals surface area contributed by atoms with Crippen molar-refractivity contribution in [3.63, 3.8) is 0 Å². The van der Waals surface area contributed by atoms with Crippen LogP contribution < -0.4 is 0 Å². The molecular weight excluding hydrogens is 312 g/mol. The van der Waals surface area contributed by atoms with Crippen molar-refractivity contribution in [3.8, 4) is 0 Å². The molecule has 0 fully saturated rings. The van der Waals surface area contributed by atoms with Crippen LogP contribution in [0.3, 0.4) is 0 Å². The third-order valence-electron chi connectivity index (χ3n) is 4.99. The lowest BCUT2D eigenvalue weighted by Gasteiger charge is -2.14. The molecule has 3 N–H and O–H groups in total. The minimum absolute atomic E-state index is 0.0329. The average Bonchev–Trinajstić information content (AvgIpc) is 3.28. The molecule has 2 aromatic rings. The first-order chi connectivity index (χ1) is 12.2. The second-order valence-electron chi connectivity index (χ2n) is 6.49. The SMILES string of the molecule is OCc1ccccc1C1=CCC(c2ccc3c(c2)C=CC3C(O)O)=C1. The van der Waals surface area contributed by atoms with E-state index in [1.807, 2.05) is 48.6 Å². The van der Waals surface area contributed by atoms with Crippen LogP contribution >= 0.6 is 0 Å². The molecule has 0 heterocycles. The van der Waals surface area contributed by atoms with Gasteiger partial charge in [-0.25, -0.2) is 0 Å². The van der Waals surface area contributed by atoms with Gasteiger partial charge in [0.25, 0.3) is 0 Å². The zero-order chi connectivity index (χ0) is 17.4. The summed E-state index contributed by atoms with van der Waals surface area (Å²) in [5, 5.41) is 28.4. The van der Waals surface area contributed by atoms with Crippen LogP contribution in [0.5, 0.6) is 0 Å².